The van der Waals surface area contributed by atoms with Gasteiger partial charge in [0.2, 0.25) is 11.2 Å². The van der Waals surface area contributed by atoms with Crippen molar-refractivity contribution in [2.24, 2.45) is 28.6 Å². The Kier molecular flexibility index (Phi) is 10.6. The maximum Gasteiger partial charge on any atom is 0.519 e. The van der Waals surface area contributed by atoms with Crippen LogP contribution in [0.3, 0.4) is 0 Å². The number of nitrogens with zero attached hydrogens (tertiary/aromatic N) is 3. The van der Waals surface area contributed by atoms with Crippen LogP contribution in [0.1, 0.15) is 132 Å². The number of anilines is 1. The van der Waals surface area contributed by atoms with E-state index in [1.807, 2.05) is 23.3 Å². The molecule has 14 nitrogen and oxygen atoms in total. The van der Waals surface area contributed by atoms with Crippen molar-refractivity contribution >= 4 is 34.1 Å². The maximum atomic E-state index is 17.0. The van der Waals surface area contributed by atoms with Crippen molar-refractivity contribution in [3.05, 3.63) is 66.6 Å². The molecule has 0 radical (unpaired) electrons. The highest BCUT2D eigenvalue weighted by molar-refractivity contribution is 6.03. The van der Waals surface area contributed by atoms with Crippen LogP contribution in [0, 0.1) is 55.2 Å². The lowest BCUT2D eigenvalue weighted by Crippen LogP contribution is -2.64. The standard InChI is InChI=1S/C49H62FN3O11/c1-24-22-52(19-18-51(24)23-34-27(4)62-45(59)63-34)40-38(50)25(2)35-39(42(40)61-9)53(29-11-12-29)26(3)36(41(35)56)43(57)64-46(5,6)44(58)49(60)17-15-32-31-13-10-28-20-30(54)14-16-47(28,7)37(31)33(55)21-48(32,49)8/h20,24,29,31-33,37,55,60H,10-19,21-23H2,1-9H3/t24?,31-,32-,33-,37+,47-,48-,49-/m0/s1. The third-order valence-corrected chi connectivity index (χ3v) is 16.9. The Balaban J connectivity index is 1.02. The summed E-state index contributed by atoms with van der Waals surface area (Å²) in [5, 5.41) is 24.6. The molecule has 3 heterocycles. The minimum Gasteiger partial charge on any atom is -0.492 e. The number of carbonyl (C=O) groups excluding carboxylic acids is 3. The highest BCUT2D eigenvalue weighted by atomic mass is 19.1. The largest absolute Gasteiger partial charge is 0.519 e. The van der Waals surface area contributed by atoms with Crippen molar-refractivity contribution < 1.29 is 47.3 Å². The fourth-order valence-corrected chi connectivity index (χ4v) is 13.4. The second-order valence-corrected chi connectivity index (χ2v) is 20.8. The molecular weight excluding hydrogens is 826 g/mol. The minimum atomic E-state index is -1.94. The molecule has 4 saturated carbocycles. The van der Waals surface area contributed by atoms with Gasteiger partial charge >= 0.3 is 11.8 Å². The van der Waals surface area contributed by atoms with E-state index in [0.29, 0.717) is 68.2 Å². The number of aliphatic hydroxyl groups excluding tert-OH is 1. The van der Waals surface area contributed by atoms with E-state index in [9.17, 15) is 34.2 Å². The van der Waals surface area contributed by atoms with Gasteiger partial charge in [-0.15, -0.1) is 0 Å². The van der Waals surface area contributed by atoms with E-state index >= 15 is 4.39 Å². The number of Topliss-reactive ketones (excluding diaryl/α,β-unsaturated/α-hetero) is 1. The number of ether oxygens (including phenoxy) is 2. The Labute approximate surface area is 371 Å². The number of ketones is 2. The molecule has 0 bridgehead atoms. The quantitative estimate of drug-likeness (QED) is 0.225. The summed E-state index contributed by atoms with van der Waals surface area (Å²) in [5.74, 6) is -2.19. The van der Waals surface area contributed by atoms with Gasteiger partial charge in [-0.3, -0.25) is 19.3 Å². The van der Waals surface area contributed by atoms with Crippen molar-refractivity contribution in [1.82, 2.24) is 9.47 Å². The van der Waals surface area contributed by atoms with E-state index in [1.165, 1.54) is 27.9 Å². The predicted molar refractivity (Wildman–Crippen MR) is 234 cm³/mol. The number of piperazine rings is 1. The fourth-order valence-electron chi connectivity index (χ4n) is 13.4. The van der Waals surface area contributed by atoms with E-state index in [0.717, 1.165) is 31.3 Å². The van der Waals surface area contributed by atoms with Crippen LogP contribution in [-0.4, -0.2) is 87.3 Å². The SMILES string of the molecule is COc1c(N2CCN(Cc3oc(=O)oc3C)C(C)C2)c(F)c(C)c2c(=O)c(C(=O)OC(C)(C)C(=O)[C@@]3(O)CC[C@H]4[C@@H]5CCC6=CC(=O)CC[C@]6(C)[C@H]5[C@@H](O)C[C@@]43C)c(C)n(C3CC3)c12. The molecule has 0 amide bonds. The van der Waals surface area contributed by atoms with Crippen LogP contribution < -0.4 is 20.9 Å². The summed E-state index contributed by atoms with van der Waals surface area (Å²) in [4.78, 5) is 72.3. The van der Waals surface area contributed by atoms with Gasteiger partial charge in [-0.1, -0.05) is 19.4 Å². The Morgan fingerprint density at radius 2 is 1.73 bits per heavy atom. The lowest BCUT2D eigenvalue weighted by molar-refractivity contribution is -0.190. The monoisotopic (exact) mass is 887 g/mol. The molecule has 15 heteroatoms. The number of carbonyl (C=O) groups is 3. The summed E-state index contributed by atoms with van der Waals surface area (Å²) >= 11 is 0. The number of fused-ring (bicyclic) bond motifs is 6. The number of aliphatic hydroxyl groups is 2. The topological polar surface area (TPSA) is 182 Å². The number of pyridine rings is 1. The molecule has 9 rings (SSSR count). The first-order chi connectivity index (χ1) is 30.1. The van der Waals surface area contributed by atoms with Gasteiger partial charge in [0.25, 0.3) is 0 Å². The number of aromatic nitrogens is 1. The normalized spacial score (nSPS) is 31.9. The van der Waals surface area contributed by atoms with Gasteiger partial charge in [-0.2, -0.15) is 0 Å². The number of benzene rings is 1. The second kappa shape index (κ2) is 15.2. The highest BCUT2D eigenvalue weighted by Crippen LogP contribution is 2.68. The molecule has 5 aliphatic carbocycles. The van der Waals surface area contributed by atoms with Crippen molar-refractivity contribution in [2.45, 2.75) is 149 Å². The van der Waals surface area contributed by atoms with Crippen LogP contribution in [0.2, 0.25) is 0 Å². The van der Waals surface area contributed by atoms with E-state index in [2.05, 4.69) is 11.8 Å². The molecular formula is C49H62FN3O11. The third kappa shape index (κ3) is 6.52. The molecule has 1 saturated heterocycles. The van der Waals surface area contributed by atoms with Gasteiger partial charge < -0.3 is 38.0 Å². The summed E-state index contributed by atoms with van der Waals surface area (Å²) in [7, 11) is 1.44. The van der Waals surface area contributed by atoms with Crippen LogP contribution in [0.25, 0.3) is 10.9 Å². The van der Waals surface area contributed by atoms with Crippen LogP contribution in [0.15, 0.2) is 30.1 Å². The van der Waals surface area contributed by atoms with Crippen LogP contribution in [-0.2, 0) is 20.9 Å². The van der Waals surface area contributed by atoms with Gasteiger partial charge in [0.15, 0.2) is 28.7 Å². The zero-order valence-electron chi connectivity index (χ0n) is 38.5. The molecule has 8 atom stereocenters. The molecule has 5 fully saturated rings. The lowest BCUT2D eigenvalue weighted by Gasteiger charge is -2.60. The van der Waals surface area contributed by atoms with Gasteiger partial charge in [-0.05, 0) is 122 Å². The summed E-state index contributed by atoms with van der Waals surface area (Å²) in [5.41, 5.74) is -4.24. The third-order valence-electron chi connectivity index (χ3n) is 16.9. The van der Waals surface area contributed by atoms with Crippen molar-refractivity contribution in [3.8, 4) is 5.75 Å². The van der Waals surface area contributed by atoms with Crippen molar-refractivity contribution in [3.63, 3.8) is 0 Å². The number of rotatable bonds is 9. The van der Waals surface area contributed by atoms with Crippen molar-refractivity contribution in [1.29, 1.82) is 0 Å². The molecule has 2 aromatic heterocycles. The maximum absolute atomic E-state index is 17.0. The molecule has 346 valence electrons. The molecule has 3 aromatic rings. The van der Waals surface area contributed by atoms with Crippen LogP contribution >= 0.6 is 0 Å². The molecule has 1 aliphatic heterocycles. The van der Waals surface area contributed by atoms with Gasteiger partial charge in [0.05, 0.1) is 30.7 Å². The zero-order valence-corrected chi connectivity index (χ0v) is 38.5. The molecule has 64 heavy (non-hydrogen) atoms. The summed E-state index contributed by atoms with van der Waals surface area (Å²) in [6.45, 7) is 15.4. The Morgan fingerprint density at radius 1 is 1.02 bits per heavy atom. The number of hydrogen-bond donors (Lipinski definition) is 2. The first-order valence-electron chi connectivity index (χ1n) is 23.0. The van der Waals surface area contributed by atoms with Crippen LogP contribution in [0.5, 0.6) is 5.75 Å². The number of aryl methyl sites for hydroxylation is 2. The van der Waals surface area contributed by atoms with Crippen LogP contribution in [0.4, 0.5) is 10.1 Å². The smallest absolute Gasteiger partial charge is 0.492 e. The molecule has 6 aliphatic rings. The zero-order chi connectivity index (χ0) is 46.2. The Bertz CT molecular complexity index is 2640. The van der Waals surface area contributed by atoms with E-state index in [1.54, 1.807) is 19.9 Å². The fraction of sp³-hybridized carbons (Fsp3) is 0.653. The number of methoxy groups -OCH3 is 1. The minimum absolute atomic E-state index is 0.0131. The first-order valence-corrected chi connectivity index (χ1v) is 23.0. The molecule has 0 spiro atoms. The molecule has 1 unspecified atom stereocenters. The average molecular weight is 888 g/mol. The lowest BCUT2D eigenvalue weighted by atomic mass is 9.45. The number of allylic oxidation sites excluding steroid dienone is 1. The van der Waals surface area contributed by atoms with Crippen molar-refractivity contribution in [2.75, 3.05) is 31.6 Å². The predicted octanol–water partition coefficient (Wildman–Crippen LogP) is 6.40. The average Bonchev–Trinajstić information content (AvgIpc) is 3.95. The Hall–Kier alpha value is -4.60. The van der Waals surface area contributed by atoms with Gasteiger partial charge in [0, 0.05) is 54.8 Å². The first kappa shape index (κ1) is 44.6. The summed E-state index contributed by atoms with van der Waals surface area (Å²) in [6.07, 6.45) is 5.86. The van der Waals surface area contributed by atoms with Gasteiger partial charge in [0.1, 0.15) is 22.6 Å². The molecule has 2 N–H and O–H groups in total. The highest BCUT2D eigenvalue weighted by Gasteiger charge is 2.70. The number of halogens is 1. The molecule has 1 aromatic carbocycles. The summed E-state index contributed by atoms with van der Waals surface area (Å²) in [6, 6.07) is -0.217. The number of hydrogen-bond acceptors (Lipinski definition) is 13. The van der Waals surface area contributed by atoms with Gasteiger partial charge in [-0.25, -0.2) is 14.0 Å². The van der Waals surface area contributed by atoms with E-state index in [4.69, 9.17) is 18.3 Å². The summed E-state index contributed by atoms with van der Waals surface area (Å²) < 4.78 is 41.3. The second-order valence-electron chi connectivity index (χ2n) is 20.8. The van der Waals surface area contributed by atoms with E-state index < -0.39 is 51.5 Å². The Morgan fingerprint density at radius 3 is 2.38 bits per heavy atom. The van der Waals surface area contributed by atoms with E-state index in [-0.39, 0.29) is 81.8 Å². The number of esters is 1.